The molecule has 2 rings (SSSR count). The lowest BCUT2D eigenvalue weighted by Gasteiger charge is -2.10. The standard InChI is InChI=1S/C16H17ClFNOS/c1-11-3-4-12(7-16(11)18)9-19-14-5-6-15(17)13(8-14)10-21(2)20/h3-8,19H,9-10H2,1-2H3/t21-/m1/s1. The van der Waals surface area contributed by atoms with Gasteiger partial charge in [0.1, 0.15) is 5.82 Å². The van der Waals surface area contributed by atoms with Gasteiger partial charge in [0, 0.05) is 40.1 Å². The van der Waals surface area contributed by atoms with E-state index in [0.29, 0.717) is 22.9 Å². The van der Waals surface area contributed by atoms with Crippen molar-refractivity contribution in [2.75, 3.05) is 11.6 Å². The van der Waals surface area contributed by atoms with Crippen LogP contribution in [0.2, 0.25) is 5.02 Å². The molecule has 2 nitrogen and oxygen atoms in total. The molecule has 0 fully saturated rings. The molecule has 0 saturated heterocycles. The Kier molecular flexibility index (Phi) is 5.37. The molecule has 2 aromatic rings. The Bertz CT molecular complexity index is 675. The van der Waals surface area contributed by atoms with Crippen molar-refractivity contribution in [3.63, 3.8) is 0 Å². The van der Waals surface area contributed by atoms with Gasteiger partial charge < -0.3 is 5.32 Å². The molecule has 0 aliphatic heterocycles. The Hall–Kier alpha value is -1.39. The van der Waals surface area contributed by atoms with Gasteiger partial charge in [-0.2, -0.15) is 0 Å². The molecule has 0 radical (unpaired) electrons. The summed E-state index contributed by atoms with van der Waals surface area (Å²) in [5.41, 5.74) is 3.23. The van der Waals surface area contributed by atoms with Crippen LogP contribution < -0.4 is 5.32 Å². The first-order valence-corrected chi connectivity index (χ1v) is 8.63. The molecule has 0 aromatic heterocycles. The highest BCUT2D eigenvalue weighted by molar-refractivity contribution is 7.83. The van der Waals surface area contributed by atoms with Crippen molar-refractivity contribution in [1.29, 1.82) is 0 Å². The monoisotopic (exact) mass is 325 g/mol. The lowest BCUT2D eigenvalue weighted by Crippen LogP contribution is -2.02. The van der Waals surface area contributed by atoms with Crippen molar-refractivity contribution in [1.82, 2.24) is 0 Å². The van der Waals surface area contributed by atoms with Crippen LogP contribution in [0.4, 0.5) is 10.1 Å². The summed E-state index contributed by atoms with van der Waals surface area (Å²) in [5, 5.41) is 3.83. The summed E-state index contributed by atoms with van der Waals surface area (Å²) in [6, 6.07) is 10.7. The zero-order valence-electron chi connectivity index (χ0n) is 12.0. The minimum Gasteiger partial charge on any atom is -0.381 e. The zero-order chi connectivity index (χ0) is 15.4. The molecule has 0 saturated carbocycles. The van der Waals surface area contributed by atoms with Gasteiger partial charge in [0.15, 0.2) is 0 Å². The molecule has 2 aromatic carbocycles. The number of aryl methyl sites for hydroxylation is 1. The van der Waals surface area contributed by atoms with Gasteiger partial charge in [0.2, 0.25) is 0 Å². The summed E-state index contributed by atoms with van der Waals surface area (Å²) >= 11 is 6.08. The summed E-state index contributed by atoms with van der Waals surface area (Å²) in [4.78, 5) is 0. The van der Waals surface area contributed by atoms with E-state index >= 15 is 0 Å². The van der Waals surface area contributed by atoms with E-state index in [-0.39, 0.29) is 5.82 Å². The highest BCUT2D eigenvalue weighted by Gasteiger charge is 2.05. The SMILES string of the molecule is Cc1ccc(CNc2ccc(Cl)c(C[S@@](C)=O)c2)cc1F. The van der Waals surface area contributed by atoms with Crippen LogP contribution in [0, 0.1) is 12.7 Å². The number of hydrogen-bond acceptors (Lipinski definition) is 2. The zero-order valence-corrected chi connectivity index (χ0v) is 13.5. The summed E-state index contributed by atoms with van der Waals surface area (Å²) in [6.45, 7) is 2.26. The van der Waals surface area contributed by atoms with Crippen LogP contribution in [0.15, 0.2) is 36.4 Å². The summed E-state index contributed by atoms with van der Waals surface area (Å²) in [6.07, 6.45) is 1.64. The highest BCUT2D eigenvalue weighted by Crippen LogP contribution is 2.22. The predicted octanol–water partition coefficient (Wildman–Crippen LogP) is 4.28. The molecule has 112 valence electrons. The maximum absolute atomic E-state index is 13.5. The van der Waals surface area contributed by atoms with Crippen LogP contribution >= 0.6 is 11.6 Å². The third-order valence-corrected chi connectivity index (χ3v) is 4.22. The van der Waals surface area contributed by atoms with Crippen LogP contribution in [-0.2, 0) is 23.1 Å². The van der Waals surface area contributed by atoms with Crippen LogP contribution in [0.1, 0.15) is 16.7 Å². The first kappa shape index (κ1) is 16.0. The lowest BCUT2D eigenvalue weighted by molar-refractivity contribution is 0.616. The maximum Gasteiger partial charge on any atom is 0.126 e. The van der Waals surface area contributed by atoms with Crippen molar-refractivity contribution >= 4 is 28.1 Å². The van der Waals surface area contributed by atoms with E-state index in [1.165, 1.54) is 6.07 Å². The Balaban J connectivity index is 2.09. The number of rotatable bonds is 5. The Morgan fingerprint density at radius 3 is 2.67 bits per heavy atom. The molecule has 21 heavy (non-hydrogen) atoms. The minimum atomic E-state index is -0.943. The van der Waals surface area contributed by atoms with Gasteiger partial charge in [-0.05, 0) is 47.9 Å². The smallest absolute Gasteiger partial charge is 0.126 e. The molecule has 0 unspecified atom stereocenters. The Morgan fingerprint density at radius 2 is 2.00 bits per heavy atom. The third-order valence-electron chi connectivity index (χ3n) is 3.14. The number of nitrogens with one attached hydrogen (secondary N) is 1. The fourth-order valence-electron chi connectivity index (χ4n) is 1.96. The molecular formula is C16H17ClFNOS. The molecule has 0 aliphatic rings. The van der Waals surface area contributed by atoms with Gasteiger partial charge >= 0.3 is 0 Å². The van der Waals surface area contributed by atoms with Crippen molar-refractivity contribution < 1.29 is 8.60 Å². The molecule has 0 heterocycles. The molecule has 1 atom stereocenters. The second-order valence-electron chi connectivity index (χ2n) is 4.96. The van der Waals surface area contributed by atoms with Gasteiger partial charge in [0.25, 0.3) is 0 Å². The number of hydrogen-bond donors (Lipinski definition) is 1. The maximum atomic E-state index is 13.5. The second-order valence-corrected chi connectivity index (χ2v) is 6.80. The number of halogens is 2. The van der Waals surface area contributed by atoms with Crippen molar-refractivity contribution in [2.24, 2.45) is 0 Å². The van der Waals surface area contributed by atoms with Crippen molar-refractivity contribution in [3.05, 3.63) is 63.9 Å². The first-order valence-electron chi connectivity index (χ1n) is 6.53. The molecule has 0 spiro atoms. The quantitative estimate of drug-likeness (QED) is 0.889. The predicted molar refractivity (Wildman–Crippen MR) is 87.7 cm³/mol. The van der Waals surface area contributed by atoms with Crippen molar-refractivity contribution in [2.45, 2.75) is 19.2 Å². The van der Waals surface area contributed by atoms with Gasteiger partial charge in [-0.1, -0.05) is 23.7 Å². The number of anilines is 1. The van der Waals surface area contributed by atoms with Crippen LogP contribution in [-0.4, -0.2) is 10.5 Å². The molecule has 5 heteroatoms. The average Bonchev–Trinajstić information content (AvgIpc) is 2.43. The third kappa shape index (κ3) is 4.55. The van der Waals surface area contributed by atoms with Gasteiger partial charge in [-0.15, -0.1) is 0 Å². The fraction of sp³-hybridized carbons (Fsp3) is 0.250. The number of benzene rings is 2. The van der Waals surface area contributed by atoms with Crippen LogP contribution in [0.5, 0.6) is 0 Å². The van der Waals surface area contributed by atoms with E-state index in [2.05, 4.69) is 5.32 Å². The van der Waals surface area contributed by atoms with E-state index in [9.17, 15) is 8.60 Å². The molecule has 0 amide bonds. The van der Waals surface area contributed by atoms with Crippen LogP contribution in [0.3, 0.4) is 0 Å². The topological polar surface area (TPSA) is 29.1 Å². The van der Waals surface area contributed by atoms with E-state index in [0.717, 1.165) is 16.8 Å². The first-order chi connectivity index (χ1) is 9.95. The van der Waals surface area contributed by atoms with Crippen molar-refractivity contribution in [3.8, 4) is 0 Å². The lowest BCUT2D eigenvalue weighted by atomic mass is 10.1. The van der Waals surface area contributed by atoms with E-state index in [4.69, 9.17) is 11.6 Å². The normalized spacial score (nSPS) is 12.2. The summed E-state index contributed by atoms with van der Waals surface area (Å²) < 4.78 is 24.8. The highest BCUT2D eigenvalue weighted by atomic mass is 35.5. The molecule has 1 N–H and O–H groups in total. The summed E-state index contributed by atoms with van der Waals surface area (Å²) in [5.74, 6) is 0.223. The van der Waals surface area contributed by atoms with E-state index in [1.807, 2.05) is 18.2 Å². The fourth-order valence-corrected chi connectivity index (χ4v) is 2.91. The van der Waals surface area contributed by atoms with Crippen LogP contribution in [0.25, 0.3) is 0 Å². The van der Waals surface area contributed by atoms with E-state index < -0.39 is 10.8 Å². The largest absolute Gasteiger partial charge is 0.381 e. The Labute approximate surface area is 131 Å². The molecule has 0 aliphatic carbocycles. The van der Waals surface area contributed by atoms with Gasteiger partial charge in [-0.25, -0.2) is 4.39 Å². The van der Waals surface area contributed by atoms with Gasteiger partial charge in [0.05, 0.1) is 0 Å². The minimum absolute atomic E-state index is 0.201. The molecule has 0 bridgehead atoms. The Morgan fingerprint density at radius 1 is 1.24 bits per heavy atom. The van der Waals surface area contributed by atoms with E-state index in [1.54, 1.807) is 25.3 Å². The average molecular weight is 326 g/mol. The second kappa shape index (κ2) is 7.05. The summed E-state index contributed by atoms with van der Waals surface area (Å²) in [7, 11) is -0.943. The van der Waals surface area contributed by atoms with Gasteiger partial charge in [-0.3, -0.25) is 4.21 Å². The molecular weight excluding hydrogens is 309 g/mol.